The number of hydrogen-bond acceptors (Lipinski definition) is 4. The van der Waals surface area contributed by atoms with E-state index in [0.717, 1.165) is 12.8 Å². The molecule has 0 aromatic heterocycles. The molecular weight excluding hydrogens is 628 g/mol. The molecule has 2 aliphatic carbocycles. The second-order valence-corrected chi connectivity index (χ2v) is 15.1. The average molecular weight is 686 g/mol. The topological polar surface area (TPSA) is 30.5 Å². The zero-order valence-corrected chi connectivity index (χ0v) is 33.0. The Balaban J connectivity index is 0.000000307. The van der Waals surface area contributed by atoms with Gasteiger partial charge in [-0.1, -0.05) is 76.9 Å². The number of likely N-dealkylation sites (N-methyl/N-ethyl adjacent to an activating group) is 2. The van der Waals surface area contributed by atoms with Crippen molar-refractivity contribution < 1.29 is 26.2 Å². The van der Waals surface area contributed by atoms with Crippen LogP contribution in [0.3, 0.4) is 0 Å². The Labute approximate surface area is 295 Å². The molecule has 0 aliphatic heterocycles. The fraction of sp³-hybridized carbons (Fsp3) is 0.500. The van der Waals surface area contributed by atoms with Gasteiger partial charge in [0.05, 0.1) is 0 Å². The summed E-state index contributed by atoms with van der Waals surface area (Å²) in [6.45, 7) is 21.9. The van der Waals surface area contributed by atoms with E-state index in [4.69, 9.17) is 0 Å². The Morgan fingerprint density at radius 2 is 0.889 bits per heavy atom. The molecule has 4 nitrogen and oxygen atoms in total. The summed E-state index contributed by atoms with van der Waals surface area (Å²) in [5.74, 6) is 0. The molecule has 0 radical (unpaired) electrons. The van der Waals surface area contributed by atoms with Crippen molar-refractivity contribution in [2.45, 2.75) is 105 Å². The van der Waals surface area contributed by atoms with E-state index in [-0.39, 0.29) is 37.3 Å². The first kappa shape index (κ1) is 39.0. The molecule has 5 heteroatoms. The normalized spacial score (nSPS) is 18.5. The van der Waals surface area contributed by atoms with Crippen LogP contribution in [-0.4, -0.2) is 61.2 Å². The van der Waals surface area contributed by atoms with Crippen LogP contribution in [0.4, 0.5) is 11.4 Å². The second kappa shape index (κ2) is 16.1. The number of benzene rings is 2. The Hall–Kier alpha value is -2.20. The number of anilines is 2. The van der Waals surface area contributed by atoms with Crippen LogP contribution in [0.1, 0.15) is 80.4 Å². The van der Waals surface area contributed by atoms with Crippen LogP contribution in [0, 0.1) is 12.2 Å². The van der Waals surface area contributed by atoms with Crippen molar-refractivity contribution in [3.8, 4) is 0 Å². The van der Waals surface area contributed by atoms with Crippen molar-refractivity contribution in [3.63, 3.8) is 0 Å². The molecule has 2 aliphatic rings. The molecule has 0 bridgehead atoms. The third-order valence-corrected chi connectivity index (χ3v) is 8.06. The van der Waals surface area contributed by atoms with Gasteiger partial charge >= 0.3 is 26.2 Å². The van der Waals surface area contributed by atoms with Gasteiger partial charge in [-0.15, -0.1) is 0 Å². The molecule has 2 N–H and O–H groups in total. The summed E-state index contributed by atoms with van der Waals surface area (Å²) in [7, 11) is 8.59. The van der Waals surface area contributed by atoms with Crippen LogP contribution in [0.15, 0.2) is 82.0 Å². The SMILES string of the molecule is CC1=[C-]C(C)=C(Cc2ccccc2NC(C)(C)C)C1N(C)C.CC1=[C-]C(C)=C(Cc2ccccc2NC(C)(C)C)C1N(C)C.[Zr+2]. The summed E-state index contributed by atoms with van der Waals surface area (Å²) >= 11 is 0. The molecule has 2 atom stereocenters. The van der Waals surface area contributed by atoms with Crippen LogP contribution in [0.5, 0.6) is 0 Å². The minimum atomic E-state index is 0. The maximum absolute atomic E-state index is 3.63. The molecule has 0 heterocycles. The van der Waals surface area contributed by atoms with Gasteiger partial charge in [0.2, 0.25) is 0 Å². The largest absolute Gasteiger partial charge is 2.00 e. The van der Waals surface area contributed by atoms with Gasteiger partial charge in [-0.2, -0.15) is 22.3 Å². The van der Waals surface area contributed by atoms with Gasteiger partial charge in [-0.05, 0) is 105 Å². The van der Waals surface area contributed by atoms with Crippen molar-refractivity contribution in [3.05, 3.63) is 105 Å². The fourth-order valence-corrected chi connectivity index (χ4v) is 6.49. The van der Waals surface area contributed by atoms with Crippen LogP contribution in [-0.2, 0) is 39.0 Å². The molecule has 2 aromatic rings. The van der Waals surface area contributed by atoms with Gasteiger partial charge in [0, 0.05) is 22.5 Å². The molecule has 0 fully saturated rings. The number of allylic oxidation sites excluding steroid dienone is 4. The van der Waals surface area contributed by atoms with E-state index in [1.54, 1.807) is 0 Å². The maximum Gasteiger partial charge on any atom is 2.00 e. The van der Waals surface area contributed by atoms with E-state index < -0.39 is 0 Å². The average Bonchev–Trinajstić information content (AvgIpc) is 3.32. The summed E-state index contributed by atoms with van der Waals surface area (Å²) < 4.78 is 0. The van der Waals surface area contributed by atoms with Crippen LogP contribution >= 0.6 is 0 Å². The van der Waals surface area contributed by atoms with Gasteiger partial charge in [0.1, 0.15) is 0 Å². The van der Waals surface area contributed by atoms with Gasteiger partial charge in [0.15, 0.2) is 0 Å². The third-order valence-electron chi connectivity index (χ3n) is 8.06. The van der Waals surface area contributed by atoms with E-state index in [0.29, 0.717) is 12.1 Å². The molecule has 4 rings (SSSR count). The van der Waals surface area contributed by atoms with Crippen molar-refractivity contribution >= 4 is 11.4 Å². The predicted octanol–water partition coefficient (Wildman–Crippen LogP) is 8.90. The van der Waals surface area contributed by atoms with Crippen molar-refractivity contribution in [1.82, 2.24) is 9.80 Å². The molecule has 0 saturated carbocycles. The first-order chi connectivity index (χ1) is 20.4. The zero-order valence-electron chi connectivity index (χ0n) is 30.6. The number of hydrogen-bond donors (Lipinski definition) is 2. The molecule has 0 amide bonds. The second-order valence-electron chi connectivity index (χ2n) is 15.1. The summed E-state index contributed by atoms with van der Waals surface area (Å²) in [6, 6.07) is 18.0. The Kier molecular flexibility index (Phi) is 13.9. The summed E-state index contributed by atoms with van der Waals surface area (Å²) in [6.07, 6.45) is 8.98. The van der Waals surface area contributed by atoms with Crippen LogP contribution < -0.4 is 10.6 Å². The fourth-order valence-electron chi connectivity index (χ4n) is 6.49. The summed E-state index contributed by atoms with van der Waals surface area (Å²) in [5, 5.41) is 7.26. The van der Waals surface area contributed by atoms with Gasteiger partial charge in [-0.3, -0.25) is 0 Å². The van der Waals surface area contributed by atoms with Crippen molar-refractivity contribution in [2.75, 3.05) is 38.8 Å². The van der Waals surface area contributed by atoms with Crippen molar-refractivity contribution in [2.24, 2.45) is 0 Å². The Bertz CT molecular complexity index is 1320. The molecule has 2 unspecified atom stereocenters. The van der Waals surface area contributed by atoms with Gasteiger partial charge < -0.3 is 20.4 Å². The number of nitrogens with zero attached hydrogens (tertiary/aromatic N) is 2. The summed E-state index contributed by atoms with van der Waals surface area (Å²) in [5.41, 5.74) is 13.5. The van der Waals surface area contributed by atoms with E-state index >= 15 is 0 Å². The predicted molar refractivity (Wildman–Crippen MR) is 192 cm³/mol. The first-order valence-corrected chi connectivity index (χ1v) is 16.0. The minimum Gasteiger partial charge on any atom is -0.380 e. The molecular formula is C40H58N4Zr. The van der Waals surface area contributed by atoms with E-state index in [1.165, 1.54) is 55.9 Å². The van der Waals surface area contributed by atoms with E-state index in [1.807, 2.05) is 0 Å². The third kappa shape index (κ3) is 10.9. The molecule has 242 valence electrons. The van der Waals surface area contributed by atoms with Crippen LogP contribution in [0.25, 0.3) is 0 Å². The standard InChI is InChI=1S/2C20H29N2.Zr/c2*1-14-12-15(2)19(22(6)7)17(14)13-16-10-8-9-11-18(16)21-20(3,4)5;/h2*8-11,19,21H,13H2,1-7H3;/q2*-1;+2. The first-order valence-electron chi connectivity index (χ1n) is 16.0. The smallest absolute Gasteiger partial charge is 0.380 e. The number of para-hydroxylation sites is 2. The quantitative estimate of drug-likeness (QED) is 0.272. The van der Waals surface area contributed by atoms with E-state index in [2.05, 4.69) is 179 Å². The van der Waals surface area contributed by atoms with Crippen molar-refractivity contribution in [1.29, 1.82) is 0 Å². The van der Waals surface area contributed by atoms with E-state index in [9.17, 15) is 0 Å². The zero-order chi connectivity index (χ0) is 33.0. The molecule has 0 spiro atoms. The number of nitrogens with one attached hydrogen (secondary N) is 2. The maximum atomic E-state index is 3.63. The Morgan fingerprint density at radius 3 is 1.18 bits per heavy atom. The molecule has 45 heavy (non-hydrogen) atoms. The summed E-state index contributed by atoms with van der Waals surface area (Å²) in [4.78, 5) is 4.57. The number of rotatable bonds is 8. The Morgan fingerprint density at radius 1 is 0.578 bits per heavy atom. The van der Waals surface area contributed by atoms with Crippen LogP contribution in [0.2, 0.25) is 0 Å². The molecule has 2 aromatic carbocycles. The monoisotopic (exact) mass is 684 g/mol. The molecule has 0 saturated heterocycles. The van der Waals surface area contributed by atoms with Gasteiger partial charge in [-0.25, -0.2) is 23.3 Å². The minimum absolute atomic E-state index is 0. The van der Waals surface area contributed by atoms with Gasteiger partial charge in [0.25, 0.3) is 0 Å².